The summed E-state index contributed by atoms with van der Waals surface area (Å²) in [6.07, 6.45) is 1.88. The van der Waals surface area contributed by atoms with Gasteiger partial charge in [0.25, 0.3) is 0 Å². The van der Waals surface area contributed by atoms with E-state index < -0.39 is 26.4 Å². The minimum absolute atomic E-state index is 0.436. The minimum atomic E-state index is -4.64. The van der Waals surface area contributed by atoms with Crippen LogP contribution in [-0.2, 0) is 29.8 Å². The maximum atomic E-state index is 9.90. The van der Waals surface area contributed by atoms with Crippen LogP contribution in [0.15, 0.2) is 0 Å². The molecule has 4 N–H and O–H groups in total. The van der Waals surface area contributed by atoms with Gasteiger partial charge in [-0.3, -0.25) is 0 Å². The van der Waals surface area contributed by atoms with E-state index in [9.17, 15) is 3.32 Å². The molecule has 0 fully saturated rings. The van der Waals surface area contributed by atoms with Gasteiger partial charge in [-0.05, 0) is 0 Å². The van der Waals surface area contributed by atoms with Crippen molar-refractivity contribution in [3.63, 3.8) is 0 Å². The molecule has 0 radical (unpaired) electrons. The molecule has 0 heterocycles. The minimum Gasteiger partial charge on any atom is -0.303 e. The fourth-order valence-corrected chi connectivity index (χ4v) is 0.802. The Kier molecular flexibility index (Phi) is 11.2. The average molecular weight is 252 g/mol. The quantitative estimate of drug-likeness (QED) is 0.306. The third-order valence-corrected chi connectivity index (χ3v) is 1.43. The van der Waals surface area contributed by atoms with Crippen LogP contribution >= 0.6 is 7.82 Å². The monoisotopic (exact) mass is 252 g/mol. The van der Waals surface area contributed by atoms with E-state index in [-0.39, 0.29) is 0 Å². The van der Waals surface area contributed by atoms with Gasteiger partial charge in [-0.2, -0.15) is 0 Å². The van der Waals surface area contributed by atoms with Crippen molar-refractivity contribution in [1.29, 1.82) is 0 Å². The van der Waals surface area contributed by atoms with E-state index in [1.165, 1.54) is 0 Å². The summed E-state index contributed by atoms with van der Waals surface area (Å²) in [7, 11) is -4.64. The van der Waals surface area contributed by atoms with Gasteiger partial charge in [-0.1, -0.05) is 0 Å². The molecular weight excluding hydrogens is 239 g/mol. The second-order valence-electron chi connectivity index (χ2n) is 1.98. The van der Waals surface area contributed by atoms with Crippen LogP contribution in [0.4, 0.5) is 0 Å². The van der Waals surface area contributed by atoms with Crippen molar-refractivity contribution < 1.29 is 48.2 Å². The Morgan fingerprint density at radius 3 is 2.00 bits per heavy atom. The van der Waals surface area contributed by atoms with Gasteiger partial charge >= 0.3 is 63.1 Å². The zero-order chi connectivity index (χ0) is 10.9. The van der Waals surface area contributed by atoms with E-state index in [1.807, 2.05) is 6.92 Å². The summed E-state index contributed by atoms with van der Waals surface area (Å²) < 4.78 is 31.4. The Morgan fingerprint density at radius 1 is 1.38 bits per heavy atom. The Hall–Kier alpha value is 0.544. The maximum absolute atomic E-state index is 9.90. The SMILES string of the molecule is CCCC[O][Ti](=[O])[OH].O=P(O)(O)O. The van der Waals surface area contributed by atoms with Gasteiger partial charge < -0.3 is 14.7 Å². The van der Waals surface area contributed by atoms with Crippen molar-refractivity contribution in [3.05, 3.63) is 0 Å². The van der Waals surface area contributed by atoms with Crippen molar-refractivity contribution in [1.82, 2.24) is 0 Å². The topological polar surface area (TPSA) is 124 Å². The fraction of sp³-hybridized carbons (Fsp3) is 1.00. The van der Waals surface area contributed by atoms with E-state index in [0.29, 0.717) is 6.61 Å². The zero-order valence-electron chi connectivity index (χ0n) is 7.08. The summed E-state index contributed by atoms with van der Waals surface area (Å²) >= 11 is -3.17. The Labute approximate surface area is 82.7 Å². The summed E-state index contributed by atoms with van der Waals surface area (Å²) in [5.41, 5.74) is 0. The van der Waals surface area contributed by atoms with E-state index in [0.717, 1.165) is 12.8 Å². The van der Waals surface area contributed by atoms with Crippen molar-refractivity contribution in [2.75, 3.05) is 6.61 Å². The molecule has 0 aromatic carbocycles. The van der Waals surface area contributed by atoms with Crippen LogP contribution in [0.25, 0.3) is 0 Å². The van der Waals surface area contributed by atoms with Crippen LogP contribution in [0.5, 0.6) is 0 Å². The third-order valence-electron chi connectivity index (χ3n) is 0.723. The molecule has 0 amide bonds. The summed E-state index contributed by atoms with van der Waals surface area (Å²) in [6.45, 7) is 2.44. The van der Waals surface area contributed by atoms with E-state index in [1.54, 1.807) is 0 Å². The van der Waals surface area contributed by atoms with Gasteiger partial charge in [0.05, 0.1) is 0 Å². The number of unbranched alkanes of at least 4 members (excludes halogenated alkanes) is 1. The van der Waals surface area contributed by atoms with Crippen molar-refractivity contribution in [3.8, 4) is 0 Å². The van der Waals surface area contributed by atoms with Gasteiger partial charge in [0.15, 0.2) is 0 Å². The van der Waals surface area contributed by atoms with Gasteiger partial charge in [-0.25, -0.2) is 4.57 Å². The third kappa shape index (κ3) is 45.4. The number of hydrogen-bond acceptors (Lipinski definition) is 3. The van der Waals surface area contributed by atoms with Gasteiger partial charge in [0.2, 0.25) is 0 Å². The smallest absolute Gasteiger partial charge is 0.303 e. The van der Waals surface area contributed by atoms with Gasteiger partial charge in [0, 0.05) is 0 Å². The summed E-state index contributed by atoms with van der Waals surface area (Å²) in [5, 5.41) is 0. The predicted molar refractivity (Wildman–Crippen MR) is 38.0 cm³/mol. The normalized spacial score (nSPS) is 10.2. The number of phosphoric acid groups is 1. The summed E-state index contributed by atoms with van der Waals surface area (Å²) in [6, 6.07) is 0. The molecule has 80 valence electrons. The first-order valence-electron chi connectivity index (χ1n) is 3.41. The largest absolute Gasteiger partial charge is 0.466 e. The number of hydrogen-bond donors (Lipinski definition) is 4. The molecule has 0 bridgehead atoms. The van der Waals surface area contributed by atoms with Gasteiger partial charge in [-0.15, -0.1) is 0 Å². The predicted octanol–water partition coefficient (Wildman–Crippen LogP) is -0.340. The molecule has 0 aliphatic heterocycles. The van der Waals surface area contributed by atoms with Crippen LogP contribution in [0.3, 0.4) is 0 Å². The molecule has 0 unspecified atom stereocenters. The first kappa shape index (κ1) is 16.0. The van der Waals surface area contributed by atoms with Crippen LogP contribution in [0.1, 0.15) is 19.8 Å². The van der Waals surface area contributed by atoms with E-state index >= 15 is 0 Å². The second kappa shape index (κ2) is 9.11. The standard InChI is InChI=1S/C4H9O.H3O4P.H2O.O.Ti/c1-2-3-4-5;1-5(2,3)4;;;/h2-4H2,1H3;(H3,1,2,3,4);1H2;;/q-1;;;;+2/p-1. The summed E-state index contributed by atoms with van der Waals surface area (Å²) in [5.74, 6) is 0. The van der Waals surface area contributed by atoms with E-state index in [4.69, 9.17) is 22.9 Å². The molecule has 9 heteroatoms. The molecule has 0 aliphatic carbocycles. The molecule has 13 heavy (non-hydrogen) atoms. The molecule has 0 aliphatic rings. The molecule has 0 aromatic rings. The van der Waals surface area contributed by atoms with Crippen LogP contribution in [0.2, 0.25) is 0 Å². The first-order valence-corrected chi connectivity index (χ1v) is 6.95. The maximum Gasteiger partial charge on any atom is 0.466 e. The molecule has 0 rings (SSSR count). The van der Waals surface area contributed by atoms with Crippen molar-refractivity contribution in [2.24, 2.45) is 0 Å². The molecule has 0 saturated heterocycles. The molecule has 7 nitrogen and oxygen atoms in total. The van der Waals surface area contributed by atoms with Gasteiger partial charge in [0.1, 0.15) is 0 Å². The average Bonchev–Trinajstić information content (AvgIpc) is 1.83. The zero-order valence-corrected chi connectivity index (χ0v) is 9.54. The van der Waals surface area contributed by atoms with Crippen LogP contribution < -0.4 is 0 Å². The van der Waals surface area contributed by atoms with Crippen molar-refractivity contribution >= 4 is 7.82 Å². The Bertz CT molecular complexity index is 169. The molecular formula is C4H13O7PTi. The molecule has 0 spiro atoms. The van der Waals surface area contributed by atoms with E-state index in [2.05, 4.69) is 3.32 Å². The second-order valence-corrected chi connectivity index (χ2v) is 4.29. The van der Waals surface area contributed by atoms with Crippen molar-refractivity contribution in [2.45, 2.75) is 19.8 Å². The number of rotatable bonds is 4. The molecule has 0 atom stereocenters. The molecule has 0 aromatic heterocycles. The Morgan fingerprint density at radius 2 is 1.77 bits per heavy atom. The summed E-state index contributed by atoms with van der Waals surface area (Å²) in [4.78, 5) is 21.6. The van der Waals surface area contributed by atoms with Crippen LogP contribution in [0, 0.1) is 0 Å². The first-order chi connectivity index (χ1) is 5.77. The fourth-order valence-electron chi connectivity index (χ4n) is 0.304. The van der Waals surface area contributed by atoms with Crippen LogP contribution in [-0.4, -0.2) is 25.0 Å². The molecule has 0 saturated carbocycles. The Balaban J connectivity index is 0.